The zero-order valence-corrected chi connectivity index (χ0v) is 13.6. The van der Waals surface area contributed by atoms with Crippen molar-refractivity contribution in [3.05, 3.63) is 20.8 Å². The minimum atomic E-state index is 0.0312. The largest absolute Gasteiger partial charge is 0.377 e. The quantitative estimate of drug-likeness (QED) is 0.880. The van der Waals surface area contributed by atoms with Crippen molar-refractivity contribution in [3.63, 3.8) is 0 Å². The van der Waals surface area contributed by atoms with Gasteiger partial charge in [-0.2, -0.15) is 0 Å². The van der Waals surface area contributed by atoms with Gasteiger partial charge in [0.2, 0.25) is 0 Å². The van der Waals surface area contributed by atoms with Crippen LogP contribution >= 0.6 is 27.3 Å². The lowest BCUT2D eigenvalue weighted by molar-refractivity contribution is -0.0655. The third-order valence-corrected chi connectivity index (χ3v) is 5.84. The van der Waals surface area contributed by atoms with Crippen LogP contribution in [0.3, 0.4) is 0 Å². The van der Waals surface area contributed by atoms with E-state index in [1.807, 2.05) is 18.4 Å². The van der Waals surface area contributed by atoms with Crippen LogP contribution in [0.1, 0.15) is 37.0 Å². The molecule has 1 aromatic heterocycles. The topological polar surface area (TPSA) is 21.3 Å². The summed E-state index contributed by atoms with van der Waals surface area (Å²) in [5.41, 5.74) is 0.0312. The van der Waals surface area contributed by atoms with E-state index in [0.29, 0.717) is 6.04 Å². The summed E-state index contributed by atoms with van der Waals surface area (Å²) in [7, 11) is 3.93. The summed E-state index contributed by atoms with van der Waals surface area (Å²) in [4.78, 5) is 1.42. The van der Waals surface area contributed by atoms with Gasteiger partial charge in [-0.05, 0) is 48.3 Å². The van der Waals surface area contributed by atoms with E-state index in [9.17, 15) is 0 Å². The second-order valence-corrected chi connectivity index (χ2v) is 7.02. The molecular weight excluding hydrogens is 310 g/mol. The van der Waals surface area contributed by atoms with Crippen molar-refractivity contribution in [3.8, 4) is 0 Å². The van der Waals surface area contributed by atoms with Gasteiger partial charge in [-0.3, -0.25) is 0 Å². The summed E-state index contributed by atoms with van der Waals surface area (Å²) in [5, 5.41) is 5.64. The Labute approximate surface area is 122 Å². The molecule has 1 aliphatic carbocycles. The highest BCUT2D eigenvalue weighted by atomic mass is 79.9. The third-order valence-electron chi connectivity index (χ3n) is 4.12. The van der Waals surface area contributed by atoms with Crippen LogP contribution in [-0.2, 0) is 11.2 Å². The van der Waals surface area contributed by atoms with Gasteiger partial charge in [0, 0.05) is 27.9 Å². The minimum Gasteiger partial charge on any atom is -0.377 e. The van der Waals surface area contributed by atoms with E-state index in [4.69, 9.17) is 4.74 Å². The van der Waals surface area contributed by atoms with Crippen molar-refractivity contribution in [2.75, 3.05) is 14.2 Å². The van der Waals surface area contributed by atoms with E-state index in [1.165, 1.54) is 41.5 Å². The molecule has 102 valence electrons. The summed E-state index contributed by atoms with van der Waals surface area (Å²) in [6.07, 6.45) is 7.36. The average Bonchev–Trinajstić information content (AvgIpc) is 2.82. The second-order valence-electron chi connectivity index (χ2n) is 5.11. The number of thiophene rings is 1. The van der Waals surface area contributed by atoms with E-state index in [0.717, 1.165) is 6.42 Å². The molecule has 0 amide bonds. The maximum Gasteiger partial charge on any atom is 0.0834 e. The monoisotopic (exact) mass is 331 g/mol. The Bertz CT molecular complexity index is 374. The standard InChI is InChI=1S/C14H22BrNOS/c1-16-13(9-12-8-11(15)10-18-12)14(17-2)6-4-3-5-7-14/h8,10,13,16H,3-7,9H2,1-2H3. The number of ether oxygens (including phenoxy) is 1. The lowest BCUT2D eigenvalue weighted by Gasteiger charge is -2.42. The lowest BCUT2D eigenvalue weighted by atomic mass is 9.78. The van der Waals surface area contributed by atoms with E-state index in [1.54, 1.807) is 0 Å². The molecular formula is C14H22BrNOS. The van der Waals surface area contributed by atoms with Crippen LogP contribution in [0.15, 0.2) is 15.9 Å². The number of hydrogen-bond acceptors (Lipinski definition) is 3. The molecule has 1 N–H and O–H groups in total. The molecule has 2 nitrogen and oxygen atoms in total. The van der Waals surface area contributed by atoms with Gasteiger partial charge in [-0.15, -0.1) is 11.3 Å². The predicted molar refractivity (Wildman–Crippen MR) is 81.4 cm³/mol. The molecule has 1 fully saturated rings. The Hall–Kier alpha value is 0.1000. The number of nitrogens with one attached hydrogen (secondary N) is 1. The Morgan fingerprint density at radius 1 is 1.44 bits per heavy atom. The summed E-state index contributed by atoms with van der Waals surface area (Å²) in [6, 6.07) is 2.63. The maximum atomic E-state index is 5.94. The third kappa shape index (κ3) is 3.16. The molecule has 1 aromatic rings. The van der Waals surface area contributed by atoms with Crippen LogP contribution in [0.4, 0.5) is 0 Å². The van der Waals surface area contributed by atoms with Crippen molar-refractivity contribution in [1.29, 1.82) is 0 Å². The highest BCUT2D eigenvalue weighted by Gasteiger charge is 2.39. The first-order chi connectivity index (χ1) is 8.70. The van der Waals surface area contributed by atoms with Gasteiger partial charge in [0.1, 0.15) is 0 Å². The zero-order chi connectivity index (χ0) is 13.0. The fourth-order valence-electron chi connectivity index (χ4n) is 3.06. The fourth-order valence-corrected chi connectivity index (χ4v) is 4.56. The van der Waals surface area contributed by atoms with Crippen LogP contribution in [0, 0.1) is 0 Å². The predicted octanol–water partition coefficient (Wildman–Crippen LogP) is 3.99. The minimum absolute atomic E-state index is 0.0312. The Morgan fingerprint density at radius 3 is 2.67 bits per heavy atom. The van der Waals surface area contributed by atoms with Gasteiger partial charge in [0.05, 0.1) is 5.60 Å². The molecule has 1 unspecified atom stereocenters. The molecule has 1 atom stereocenters. The number of methoxy groups -OCH3 is 1. The molecule has 4 heteroatoms. The van der Waals surface area contributed by atoms with E-state index < -0.39 is 0 Å². The van der Waals surface area contributed by atoms with Gasteiger partial charge in [-0.1, -0.05) is 19.3 Å². The smallest absolute Gasteiger partial charge is 0.0834 e. The van der Waals surface area contributed by atoms with Crippen molar-refractivity contribution in [2.24, 2.45) is 0 Å². The average molecular weight is 332 g/mol. The number of likely N-dealkylation sites (N-methyl/N-ethyl adjacent to an activating group) is 1. The Morgan fingerprint density at radius 2 is 2.17 bits per heavy atom. The first kappa shape index (κ1) is 14.5. The molecule has 0 spiro atoms. The Kier molecular flexibility index (Phi) is 5.24. The van der Waals surface area contributed by atoms with Crippen LogP contribution in [0.25, 0.3) is 0 Å². The summed E-state index contributed by atoms with van der Waals surface area (Å²) in [5.74, 6) is 0. The van der Waals surface area contributed by atoms with Gasteiger partial charge >= 0.3 is 0 Å². The summed E-state index contributed by atoms with van der Waals surface area (Å²) >= 11 is 5.35. The molecule has 18 heavy (non-hydrogen) atoms. The van der Waals surface area contributed by atoms with Crippen LogP contribution in [-0.4, -0.2) is 25.8 Å². The van der Waals surface area contributed by atoms with Crippen LogP contribution < -0.4 is 5.32 Å². The van der Waals surface area contributed by atoms with E-state index in [2.05, 4.69) is 39.7 Å². The molecule has 1 heterocycles. The van der Waals surface area contributed by atoms with E-state index >= 15 is 0 Å². The van der Waals surface area contributed by atoms with Gasteiger partial charge in [-0.25, -0.2) is 0 Å². The van der Waals surface area contributed by atoms with Crippen molar-refractivity contribution in [1.82, 2.24) is 5.32 Å². The number of halogens is 1. The van der Waals surface area contributed by atoms with Crippen molar-refractivity contribution < 1.29 is 4.74 Å². The SMILES string of the molecule is CNC(Cc1cc(Br)cs1)C1(OC)CCCCC1. The summed E-state index contributed by atoms with van der Waals surface area (Å²) in [6.45, 7) is 0. The second kappa shape index (κ2) is 6.51. The zero-order valence-electron chi connectivity index (χ0n) is 11.2. The van der Waals surface area contributed by atoms with Crippen molar-refractivity contribution >= 4 is 27.3 Å². The maximum absolute atomic E-state index is 5.94. The molecule has 1 saturated carbocycles. The fraction of sp³-hybridized carbons (Fsp3) is 0.714. The highest BCUT2D eigenvalue weighted by molar-refractivity contribution is 9.10. The molecule has 0 bridgehead atoms. The molecule has 0 aliphatic heterocycles. The first-order valence-electron chi connectivity index (χ1n) is 6.65. The number of rotatable bonds is 5. The van der Waals surface area contributed by atoms with E-state index in [-0.39, 0.29) is 5.60 Å². The number of hydrogen-bond donors (Lipinski definition) is 1. The lowest BCUT2D eigenvalue weighted by Crippen LogP contribution is -2.53. The molecule has 0 radical (unpaired) electrons. The van der Waals surface area contributed by atoms with Crippen LogP contribution in [0.2, 0.25) is 0 Å². The molecule has 0 aromatic carbocycles. The Balaban J connectivity index is 2.10. The first-order valence-corrected chi connectivity index (χ1v) is 8.33. The molecule has 1 aliphatic rings. The van der Waals surface area contributed by atoms with Crippen molar-refractivity contribution in [2.45, 2.75) is 50.2 Å². The summed E-state index contributed by atoms with van der Waals surface area (Å²) < 4.78 is 7.13. The van der Waals surface area contributed by atoms with Gasteiger partial charge in [0.25, 0.3) is 0 Å². The van der Waals surface area contributed by atoms with Gasteiger partial charge in [0.15, 0.2) is 0 Å². The highest BCUT2D eigenvalue weighted by Crippen LogP contribution is 2.36. The normalized spacial score (nSPS) is 20.8. The van der Waals surface area contributed by atoms with Gasteiger partial charge < -0.3 is 10.1 Å². The molecule has 2 rings (SSSR count). The molecule has 0 saturated heterocycles. The van der Waals surface area contributed by atoms with Crippen LogP contribution in [0.5, 0.6) is 0 Å².